The number of methoxy groups -OCH3 is 1. The minimum Gasteiger partial charge on any atom is -0.496 e. The van der Waals surface area contributed by atoms with Crippen LogP contribution in [0.1, 0.15) is 30.4 Å². The number of aliphatic hydroxyl groups excluding tert-OH is 1. The molecule has 1 heterocycles. The van der Waals surface area contributed by atoms with E-state index < -0.39 is 0 Å². The minimum atomic E-state index is 0.195. The van der Waals surface area contributed by atoms with E-state index in [2.05, 4.69) is 11.0 Å². The van der Waals surface area contributed by atoms with Gasteiger partial charge in [-0.1, -0.05) is 6.42 Å². The van der Waals surface area contributed by atoms with Crippen LogP contribution in [0.3, 0.4) is 0 Å². The molecule has 1 aromatic rings. The van der Waals surface area contributed by atoms with Crippen molar-refractivity contribution in [3.63, 3.8) is 0 Å². The first-order chi connectivity index (χ1) is 9.28. The van der Waals surface area contributed by atoms with E-state index in [1.54, 1.807) is 13.2 Å². The second kappa shape index (κ2) is 6.55. The first-order valence-electron chi connectivity index (χ1n) is 6.70. The number of likely N-dealkylation sites (tertiary alicyclic amines) is 1. The molecule has 0 radical (unpaired) electrons. The normalized spacial score (nSPS) is 19.9. The van der Waals surface area contributed by atoms with Crippen LogP contribution in [-0.4, -0.2) is 36.3 Å². The third-order valence-electron chi connectivity index (χ3n) is 3.74. The Labute approximate surface area is 114 Å². The van der Waals surface area contributed by atoms with Gasteiger partial charge < -0.3 is 9.84 Å². The topological polar surface area (TPSA) is 56.5 Å². The highest BCUT2D eigenvalue weighted by atomic mass is 16.5. The molecule has 0 aromatic heterocycles. The Morgan fingerprint density at radius 3 is 3.00 bits per heavy atom. The quantitative estimate of drug-likeness (QED) is 0.898. The summed E-state index contributed by atoms with van der Waals surface area (Å²) in [7, 11) is 1.64. The van der Waals surface area contributed by atoms with Crippen molar-refractivity contribution in [2.24, 2.45) is 0 Å². The molecule has 0 saturated carbocycles. The van der Waals surface area contributed by atoms with E-state index in [1.807, 2.05) is 12.1 Å². The summed E-state index contributed by atoms with van der Waals surface area (Å²) >= 11 is 0. The van der Waals surface area contributed by atoms with Crippen LogP contribution in [0, 0.1) is 11.3 Å². The number of aliphatic hydroxyl groups is 1. The molecule has 2 rings (SSSR count). The van der Waals surface area contributed by atoms with Gasteiger partial charge in [-0.25, -0.2) is 0 Å². The summed E-state index contributed by atoms with van der Waals surface area (Å²) in [5, 5.41) is 18.4. The van der Waals surface area contributed by atoms with Gasteiger partial charge >= 0.3 is 0 Å². The maximum Gasteiger partial charge on any atom is 0.123 e. The Hall–Kier alpha value is -1.57. The first kappa shape index (κ1) is 13.9. The van der Waals surface area contributed by atoms with Gasteiger partial charge in [-0.05, 0) is 37.6 Å². The molecule has 1 N–H and O–H groups in total. The Morgan fingerprint density at radius 1 is 1.47 bits per heavy atom. The van der Waals surface area contributed by atoms with Crippen molar-refractivity contribution in [1.82, 2.24) is 4.90 Å². The lowest BCUT2D eigenvalue weighted by atomic mass is 10.0. The Morgan fingerprint density at radius 2 is 2.32 bits per heavy atom. The molecule has 4 heteroatoms. The van der Waals surface area contributed by atoms with Crippen molar-refractivity contribution < 1.29 is 9.84 Å². The lowest BCUT2D eigenvalue weighted by Gasteiger charge is -2.34. The molecule has 19 heavy (non-hydrogen) atoms. The number of nitrogens with zero attached hydrogens (tertiary/aromatic N) is 2. The molecule has 0 bridgehead atoms. The third-order valence-corrected chi connectivity index (χ3v) is 3.74. The van der Waals surface area contributed by atoms with Crippen LogP contribution in [0.15, 0.2) is 18.2 Å². The molecule has 102 valence electrons. The highest BCUT2D eigenvalue weighted by Gasteiger charge is 2.22. The molecule has 1 aromatic carbocycles. The van der Waals surface area contributed by atoms with Crippen LogP contribution in [0.25, 0.3) is 0 Å². The molecule has 1 atom stereocenters. The number of hydrogen-bond acceptors (Lipinski definition) is 4. The van der Waals surface area contributed by atoms with Gasteiger partial charge in [-0.15, -0.1) is 0 Å². The number of hydrogen-bond donors (Lipinski definition) is 1. The molecule has 0 aliphatic carbocycles. The van der Waals surface area contributed by atoms with Gasteiger partial charge in [0.05, 0.1) is 25.3 Å². The number of ether oxygens (including phenoxy) is 1. The van der Waals surface area contributed by atoms with Gasteiger partial charge in [0.1, 0.15) is 5.75 Å². The fourth-order valence-corrected chi connectivity index (χ4v) is 2.67. The Bertz CT molecular complexity index is 468. The van der Waals surface area contributed by atoms with Gasteiger partial charge in [0.15, 0.2) is 0 Å². The maximum atomic E-state index is 9.44. The van der Waals surface area contributed by atoms with Crippen molar-refractivity contribution in [1.29, 1.82) is 5.26 Å². The van der Waals surface area contributed by atoms with Crippen molar-refractivity contribution in [2.45, 2.75) is 31.8 Å². The lowest BCUT2D eigenvalue weighted by molar-refractivity contribution is 0.0834. The van der Waals surface area contributed by atoms with E-state index in [0.717, 1.165) is 37.2 Å². The Balaban J connectivity index is 2.19. The highest BCUT2D eigenvalue weighted by Crippen LogP contribution is 2.25. The predicted molar refractivity (Wildman–Crippen MR) is 72.8 cm³/mol. The van der Waals surface area contributed by atoms with Crippen molar-refractivity contribution in [3.05, 3.63) is 29.3 Å². The fourth-order valence-electron chi connectivity index (χ4n) is 2.67. The number of rotatable bonds is 4. The summed E-state index contributed by atoms with van der Waals surface area (Å²) in [5.74, 6) is 0.807. The van der Waals surface area contributed by atoms with Crippen LogP contribution in [-0.2, 0) is 6.54 Å². The number of benzene rings is 1. The summed E-state index contributed by atoms with van der Waals surface area (Å²) in [6, 6.07) is 7.87. The summed E-state index contributed by atoms with van der Waals surface area (Å²) < 4.78 is 5.36. The van der Waals surface area contributed by atoms with E-state index in [0.29, 0.717) is 5.56 Å². The Kier molecular flexibility index (Phi) is 4.78. The second-order valence-electron chi connectivity index (χ2n) is 4.94. The largest absolute Gasteiger partial charge is 0.496 e. The summed E-state index contributed by atoms with van der Waals surface area (Å²) in [6.07, 6.45) is 3.38. The molecule has 1 unspecified atom stereocenters. The molecule has 1 saturated heterocycles. The average molecular weight is 260 g/mol. The highest BCUT2D eigenvalue weighted by molar-refractivity contribution is 5.42. The molecule has 4 nitrogen and oxygen atoms in total. The lowest BCUT2D eigenvalue weighted by Crippen LogP contribution is -2.41. The number of nitriles is 1. The summed E-state index contributed by atoms with van der Waals surface area (Å²) in [6.45, 7) is 1.91. The fraction of sp³-hybridized carbons (Fsp3) is 0.533. The summed E-state index contributed by atoms with van der Waals surface area (Å²) in [5.41, 5.74) is 1.66. The van der Waals surface area contributed by atoms with E-state index in [4.69, 9.17) is 10.00 Å². The first-order valence-corrected chi connectivity index (χ1v) is 6.70. The average Bonchev–Trinajstić information content (AvgIpc) is 2.47. The molecule has 1 aliphatic rings. The second-order valence-corrected chi connectivity index (χ2v) is 4.94. The molecular weight excluding hydrogens is 240 g/mol. The molecule has 0 amide bonds. The molecule has 1 fully saturated rings. The van der Waals surface area contributed by atoms with Gasteiger partial charge in [0.2, 0.25) is 0 Å². The van der Waals surface area contributed by atoms with Crippen LogP contribution < -0.4 is 4.74 Å². The van der Waals surface area contributed by atoms with Gasteiger partial charge in [0, 0.05) is 18.2 Å². The van der Waals surface area contributed by atoms with Crippen LogP contribution in [0.2, 0.25) is 0 Å². The van der Waals surface area contributed by atoms with Crippen LogP contribution in [0.5, 0.6) is 5.75 Å². The van der Waals surface area contributed by atoms with Gasteiger partial charge in [-0.2, -0.15) is 5.26 Å². The van der Waals surface area contributed by atoms with E-state index in [1.165, 1.54) is 6.42 Å². The van der Waals surface area contributed by atoms with Crippen molar-refractivity contribution in [3.8, 4) is 11.8 Å². The zero-order chi connectivity index (χ0) is 13.7. The maximum absolute atomic E-state index is 9.44. The summed E-state index contributed by atoms with van der Waals surface area (Å²) in [4.78, 5) is 2.28. The third kappa shape index (κ3) is 3.25. The smallest absolute Gasteiger partial charge is 0.123 e. The van der Waals surface area contributed by atoms with Crippen LogP contribution in [0.4, 0.5) is 0 Å². The van der Waals surface area contributed by atoms with E-state index >= 15 is 0 Å². The minimum absolute atomic E-state index is 0.195. The zero-order valence-corrected chi connectivity index (χ0v) is 11.3. The monoisotopic (exact) mass is 260 g/mol. The van der Waals surface area contributed by atoms with Crippen molar-refractivity contribution >= 4 is 0 Å². The van der Waals surface area contributed by atoms with Crippen molar-refractivity contribution in [2.75, 3.05) is 20.3 Å². The molecule has 1 aliphatic heterocycles. The zero-order valence-electron chi connectivity index (χ0n) is 11.3. The SMILES string of the molecule is COc1ccc(C#N)cc1CN1CCCCC1CO. The number of piperidine rings is 1. The van der Waals surface area contributed by atoms with Gasteiger partial charge in [-0.3, -0.25) is 4.90 Å². The van der Waals surface area contributed by atoms with E-state index in [9.17, 15) is 5.11 Å². The van der Waals surface area contributed by atoms with Gasteiger partial charge in [0.25, 0.3) is 0 Å². The van der Waals surface area contributed by atoms with Crippen LogP contribution >= 0.6 is 0 Å². The van der Waals surface area contributed by atoms with E-state index in [-0.39, 0.29) is 12.6 Å². The molecular formula is C15H20N2O2. The molecule has 0 spiro atoms. The predicted octanol–water partition coefficient (Wildman–Crippen LogP) is 1.91. The standard InChI is InChI=1S/C15H20N2O2/c1-19-15-6-5-12(9-16)8-13(15)10-17-7-3-2-4-14(17)11-18/h5-6,8,14,18H,2-4,7,10-11H2,1H3.